The van der Waals surface area contributed by atoms with Crippen LogP contribution in [0.2, 0.25) is 0 Å². The first-order valence-electron chi connectivity index (χ1n) is 5.24. The number of aryl methyl sites for hydroxylation is 1. The zero-order chi connectivity index (χ0) is 14.0. The average molecular weight is 341 g/mol. The van der Waals surface area contributed by atoms with Crippen molar-refractivity contribution in [3.05, 3.63) is 44.3 Å². The first-order valence-corrected chi connectivity index (χ1v) is 6.85. The van der Waals surface area contributed by atoms with Crippen LogP contribution in [0.15, 0.2) is 28.2 Å². The van der Waals surface area contributed by atoms with Gasteiger partial charge in [-0.3, -0.25) is 4.79 Å². The summed E-state index contributed by atoms with van der Waals surface area (Å²) in [5.41, 5.74) is 1.28. The molecular weight excluding hydrogens is 332 g/mol. The third-order valence-electron chi connectivity index (χ3n) is 2.32. The number of nitrogens with zero attached hydrogens (tertiary/aromatic N) is 1. The van der Waals surface area contributed by atoms with Gasteiger partial charge in [-0.2, -0.15) is 0 Å². The Labute approximate surface area is 121 Å². The molecule has 1 amide bonds. The SMILES string of the molecule is Cc1cc(C(=O)Nc2ccnc(C(=O)O)c2)sc1Br. The molecule has 0 atom stereocenters. The van der Waals surface area contributed by atoms with E-state index in [1.807, 2.05) is 6.92 Å². The molecule has 19 heavy (non-hydrogen) atoms. The second-order valence-electron chi connectivity index (χ2n) is 3.76. The molecule has 0 bridgehead atoms. The normalized spacial score (nSPS) is 10.2. The van der Waals surface area contributed by atoms with E-state index in [4.69, 9.17) is 5.11 Å². The van der Waals surface area contributed by atoms with Crippen molar-refractivity contribution >= 4 is 44.8 Å². The van der Waals surface area contributed by atoms with Crippen LogP contribution in [-0.4, -0.2) is 22.0 Å². The number of thiophene rings is 1. The fourth-order valence-electron chi connectivity index (χ4n) is 1.39. The zero-order valence-corrected chi connectivity index (χ0v) is 12.2. The monoisotopic (exact) mass is 340 g/mol. The minimum Gasteiger partial charge on any atom is -0.477 e. The number of rotatable bonds is 3. The van der Waals surface area contributed by atoms with E-state index in [0.29, 0.717) is 10.6 Å². The molecule has 2 heterocycles. The molecule has 0 aromatic carbocycles. The van der Waals surface area contributed by atoms with Crippen LogP contribution in [0, 0.1) is 6.92 Å². The maximum atomic E-state index is 12.0. The van der Waals surface area contributed by atoms with Gasteiger partial charge < -0.3 is 10.4 Å². The summed E-state index contributed by atoms with van der Waals surface area (Å²) in [4.78, 5) is 27.0. The van der Waals surface area contributed by atoms with E-state index < -0.39 is 5.97 Å². The average Bonchev–Trinajstić information content (AvgIpc) is 2.70. The van der Waals surface area contributed by atoms with Crippen molar-refractivity contribution < 1.29 is 14.7 Å². The molecule has 0 aliphatic carbocycles. The van der Waals surface area contributed by atoms with E-state index in [1.165, 1.54) is 23.6 Å². The van der Waals surface area contributed by atoms with Crippen molar-refractivity contribution in [1.29, 1.82) is 0 Å². The number of aromatic carboxylic acids is 1. The molecule has 0 radical (unpaired) electrons. The van der Waals surface area contributed by atoms with E-state index in [1.54, 1.807) is 12.1 Å². The molecule has 98 valence electrons. The largest absolute Gasteiger partial charge is 0.477 e. The standard InChI is InChI=1S/C12H9BrN2O3S/c1-6-4-9(19-10(6)13)11(16)15-7-2-3-14-8(5-7)12(17)18/h2-5H,1H3,(H,17,18)(H,14,15,16). The van der Waals surface area contributed by atoms with Gasteiger partial charge in [0.2, 0.25) is 0 Å². The van der Waals surface area contributed by atoms with Gasteiger partial charge in [0.1, 0.15) is 5.69 Å². The summed E-state index contributed by atoms with van der Waals surface area (Å²) in [7, 11) is 0. The van der Waals surface area contributed by atoms with E-state index in [-0.39, 0.29) is 11.6 Å². The number of aromatic nitrogens is 1. The molecule has 0 aliphatic rings. The summed E-state index contributed by atoms with van der Waals surface area (Å²) in [5.74, 6) is -1.41. The number of nitrogens with one attached hydrogen (secondary N) is 1. The lowest BCUT2D eigenvalue weighted by Gasteiger charge is -2.03. The highest BCUT2D eigenvalue weighted by atomic mass is 79.9. The highest BCUT2D eigenvalue weighted by Gasteiger charge is 2.12. The summed E-state index contributed by atoms with van der Waals surface area (Å²) in [5, 5.41) is 11.5. The number of hydrogen-bond acceptors (Lipinski definition) is 4. The Bertz CT molecular complexity index is 635. The molecule has 0 saturated carbocycles. The van der Waals surface area contributed by atoms with Gasteiger partial charge in [0, 0.05) is 11.9 Å². The molecule has 7 heteroatoms. The molecule has 5 nitrogen and oxygen atoms in total. The van der Waals surface area contributed by atoms with Crippen molar-refractivity contribution in [3.63, 3.8) is 0 Å². The number of carboxylic acid groups (broad SMARTS) is 1. The fraction of sp³-hybridized carbons (Fsp3) is 0.0833. The molecule has 0 fully saturated rings. The smallest absolute Gasteiger partial charge is 0.354 e. The van der Waals surface area contributed by atoms with E-state index >= 15 is 0 Å². The number of carbonyl (C=O) groups is 2. The molecule has 2 aromatic rings. The number of hydrogen-bond donors (Lipinski definition) is 2. The van der Waals surface area contributed by atoms with E-state index in [9.17, 15) is 9.59 Å². The van der Waals surface area contributed by atoms with Crippen LogP contribution in [-0.2, 0) is 0 Å². The highest BCUT2D eigenvalue weighted by molar-refractivity contribution is 9.11. The second kappa shape index (κ2) is 5.50. The summed E-state index contributed by atoms with van der Waals surface area (Å²) in [6, 6.07) is 4.62. The lowest BCUT2D eigenvalue weighted by Crippen LogP contribution is -2.11. The van der Waals surface area contributed by atoms with Crippen LogP contribution in [0.1, 0.15) is 25.7 Å². The topological polar surface area (TPSA) is 79.3 Å². The number of carboxylic acids is 1. The van der Waals surface area contributed by atoms with E-state index in [0.717, 1.165) is 9.35 Å². The number of carbonyl (C=O) groups excluding carboxylic acids is 1. The first kappa shape index (κ1) is 13.7. The number of halogens is 1. The molecule has 0 spiro atoms. The zero-order valence-electron chi connectivity index (χ0n) is 9.81. The third-order valence-corrected chi connectivity index (χ3v) is 4.45. The molecule has 2 N–H and O–H groups in total. The van der Waals surface area contributed by atoms with Crippen molar-refractivity contribution in [3.8, 4) is 0 Å². The number of anilines is 1. The Morgan fingerprint density at radius 3 is 2.74 bits per heavy atom. The van der Waals surface area contributed by atoms with Crippen molar-refractivity contribution in [2.75, 3.05) is 5.32 Å². The molecule has 2 rings (SSSR count). The molecule has 0 saturated heterocycles. The Morgan fingerprint density at radius 2 is 2.16 bits per heavy atom. The van der Waals surface area contributed by atoms with Crippen LogP contribution in [0.5, 0.6) is 0 Å². The van der Waals surface area contributed by atoms with Crippen LogP contribution in [0.25, 0.3) is 0 Å². The highest BCUT2D eigenvalue weighted by Crippen LogP contribution is 2.27. The Balaban J connectivity index is 2.19. The van der Waals surface area contributed by atoms with Crippen LogP contribution in [0.3, 0.4) is 0 Å². The van der Waals surface area contributed by atoms with Crippen molar-refractivity contribution in [1.82, 2.24) is 4.98 Å². The Morgan fingerprint density at radius 1 is 1.42 bits per heavy atom. The number of pyridine rings is 1. The summed E-state index contributed by atoms with van der Waals surface area (Å²) in [6.07, 6.45) is 1.34. The van der Waals surface area contributed by atoms with Gasteiger partial charge in [-0.05, 0) is 46.6 Å². The molecule has 2 aromatic heterocycles. The van der Waals surface area contributed by atoms with Gasteiger partial charge in [0.05, 0.1) is 8.66 Å². The lowest BCUT2D eigenvalue weighted by molar-refractivity contribution is 0.0690. The summed E-state index contributed by atoms with van der Waals surface area (Å²) >= 11 is 4.68. The van der Waals surface area contributed by atoms with Gasteiger partial charge in [-0.1, -0.05) is 0 Å². The lowest BCUT2D eigenvalue weighted by atomic mass is 10.3. The maximum Gasteiger partial charge on any atom is 0.354 e. The van der Waals surface area contributed by atoms with Crippen LogP contribution in [0.4, 0.5) is 5.69 Å². The molecule has 0 unspecified atom stereocenters. The third kappa shape index (κ3) is 3.18. The Kier molecular flexibility index (Phi) is 3.96. The van der Waals surface area contributed by atoms with Gasteiger partial charge in [0.25, 0.3) is 5.91 Å². The van der Waals surface area contributed by atoms with E-state index in [2.05, 4.69) is 26.2 Å². The quantitative estimate of drug-likeness (QED) is 0.899. The minimum absolute atomic E-state index is 0.110. The van der Waals surface area contributed by atoms with Gasteiger partial charge >= 0.3 is 5.97 Å². The number of amides is 1. The summed E-state index contributed by atoms with van der Waals surface area (Å²) < 4.78 is 0.901. The predicted molar refractivity (Wildman–Crippen MR) is 75.9 cm³/mol. The van der Waals surface area contributed by atoms with Crippen molar-refractivity contribution in [2.45, 2.75) is 6.92 Å². The van der Waals surface area contributed by atoms with Gasteiger partial charge in [-0.15, -0.1) is 11.3 Å². The maximum absolute atomic E-state index is 12.0. The minimum atomic E-state index is -1.13. The predicted octanol–water partition coefficient (Wildman–Crippen LogP) is 3.16. The van der Waals surface area contributed by atoms with Crippen molar-refractivity contribution in [2.24, 2.45) is 0 Å². The van der Waals surface area contributed by atoms with Gasteiger partial charge in [-0.25, -0.2) is 9.78 Å². The molecule has 0 aliphatic heterocycles. The molecular formula is C12H9BrN2O3S. The van der Waals surface area contributed by atoms with Crippen LogP contribution < -0.4 is 5.32 Å². The van der Waals surface area contributed by atoms with Gasteiger partial charge in [0.15, 0.2) is 0 Å². The van der Waals surface area contributed by atoms with Crippen LogP contribution >= 0.6 is 27.3 Å². The summed E-state index contributed by atoms with van der Waals surface area (Å²) in [6.45, 7) is 1.90. The fourth-order valence-corrected chi connectivity index (χ4v) is 2.82. The second-order valence-corrected chi connectivity index (χ2v) is 6.13. The Hall–Kier alpha value is -1.73. The first-order chi connectivity index (χ1) is 8.97.